The summed E-state index contributed by atoms with van der Waals surface area (Å²) in [6.07, 6.45) is 3.91. The van der Waals surface area contributed by atoms with Gasteiger partial charge in [0.2, 0.25) is 0 Å². The molecule has 3 aromatic carbocycles. The second-order valence-corrected chi connectivity index (χ2v) is 5.28. The molecule has 120 valence electrons. The molecule has 0 radical (unpaired) electrons. The molecule has 0 spiro atoms. The summed E-state index contributed by atoms with van der Waals surface area (Å²) in [5, 5.41) is 1.80. The van der Waals surface area contributed by atoms with E-state index in [9.17, 15) is 4.79 Å². The molecular formula is C21H18O3. The molecular weight excluding hydrogens is 300 g/mol. The Balaban J connectivity index is 1.83. The first-order valence-electron chi connectivity index (χ1n) is 7.74. The number of rotatable bonds is 5. The number of hydrogen-bond acceptors (Lipinski definition) is 3. The summed E-state index contributed by atoms with van der Waals surface area (Å²) in [6, 6.07) is 21.4. The first kappa shape index (κ1) is 15.8. The number of esters is 1. The molecule has 0 aliphatic rings. The van der Waals surface area contributed by atoms with Gasteiger partial charge in [-0.3, -0.25) is 0 Å². The Morgan fingerprint density at radius 1 is 0.958 bits per heavy atom. The average molecular weight is 318 g/mol. The number of hydrogen-bond donors (Lipinski definition) is 0. The lowest BCUT2D eigenvalue weighted by molar-refractivity contribution is 0.0599. The molecule has 3 aromatic rings. The minimum atomic E-state index is -0.395. The highest BCUT2D eigenvalue weighted by Gasteiger charge is 2.16. The fourth-order valence-corrected chi connectivity index (χ4v) is 2.57. The van der Waals surface area contributed by atoms with Gasteiger partial charge in [0.05, 0.1) is 7.11 Å². The van der Waals surface area contributed by atoms with Gasteiger partial charge in [0.1, 0.15) is 17.9 Å². The lowest BCUT2D eigenvalue weighted by Gasteiger charge is -2.11. The summed E-state index contributed by atoms with van der Waals surface area (Å²) < 4.78 is 10.7. The second-order valence-electron chi connectivity index (χ2n) is 5.28. The predicted molar refractivity (Wildman–Crippen MR) is 96.3 cm³/mol. The number of carbonyl (C=O) groups excluding carboxylic acids is 1. The number of fused-ring (bicyclic) bond motifs is 1. The summed E-state index contributed by atoms with van der Waals surface area (Å²) >= 11 is 0. The maximum atomic E-state index is 12.2. The predicted octanol–water partition coefficient (Wildman–Crippen LogP) is 4.72. The van der Waals surface area contributed by atoms with E-state index in [4.69, 9.17) is 9.47 Å². The molecule has 0 heterocycles. The summed E-state index contributed by atoms with van der Waals surface area (Å²) in [6.45, 7) is 0.372. The van der Waals surface area contributed by atoms with Gasteiger partial charge in [-0.25, -0.2) is 4.79 Å². The number of methoxy groups -OCH3 is 1. The summed E-state index contributed by atoms with van der Waals surface area (Å²) in [7, 11) is 1.38. The number of benzene rings is 3. The van der Waals surface area contributed by atoms with E-state index < -0.39 is 5.97 Å². The van der Waals surface area contributed by atoms with E-state index in [2.05, 4.69) is 0 Å². The SMILES string of the molecule is COC(=O)c1c(OC/C=C/c2ccccc2)ccc2ccccc12. The zero-order valence-corrected chi connectivity index (χ0v) is 13.4. The lowest BCUT2D eigenvalue weighted by atomic mass is 10.0. The Bertz CT molecular complexity index is 867. The van der Waals surface area contributed by atoms with Gasteiger partial charge in [0, 0.05) is 0 Å². The zero-order valence-electron chi connectivity index (χ0n) is 13.4. The van der Waals surface area contributed by atoms with Gasteiger partial charge in [-0.15, -0.1) is 0 Å². The van der Waals surface area contributed by atoms with Gasteiger partial charge >= 0.3 is 5.97 Å². The van der Waals surface area contributed by atoms with E-state index in [1.807, 2.05) is 78.9 Å². The van der Waals surface area contributed by atoms with Gasteiger partial charge in [-0.05, 0) is 28.5 Å². The third-order valence-corrected chi connectivity index (χ3v) is 3.73. The molecule has 3 heteroatoms. The Kier molecular flexibility index (Phi) is 4.92. The molecule has 0 amide bonds. The number of ether oxygens (including phenoxy) is 2. The molecule has 0 aliphatic carbocycles. The second kappa shape index (κ2) is 7.47. The smallest absolute Gasteiger partial charge is 0.342 e. The molecule has 0 saturated heterocycles. The van der Waals surface area contributed by atoms with Crippen LogP contribution in [0.3, 0.4) is 0 Å². The van der Waals surface area contributed by atoms with Crippen molar-refractivity contribution in [2.45, 2.75) is 0 Å². The van der Waals surface area contributed by atoms with Gasteiger partial charge in [0.15, 0.2) is 0 Å². The van der Waals surface area contributed by atoms with Crippen LogP contribution >= 0.6 is 0 Å². The molecule has 0 bridgehead atoms. The lowest BCUT2D eigenvalue weighted by Crippen LogP contribution is -2.06. The van der Waals surface area contributed by atoms with Crippen LogP contribution in [0.4, 0.5) is 0 Å². The topological polar surface area (TPSA) is 35.5 Å². The van der Waals surface area contributed by atoms with Crippen molar-refractivity contribution in [2.24, 2.45) is 0 Å². The highest BCUT2D eigenvalue weighted by Crippen LogP contribution is 2.28. The van der Waals surface area contributed by atoms with Crippen molar-refractivity contribution in [1.82, 2.24) is 0 Å². The van der Waals surface area contributed by atoms with Crippen LogP contribution in [-0.4, -0.2) is 19.7 Å². The number of carbonyl (C=O) groups is 1. The normalized spacial score (nSPS) is 10.9. The summed E-state index contributed by atoms with van der Waals surface area (Å²) in [5.74, 6) is 0.132. The van der Waals surface area contributed by atoms with E-state index in [1.54, 1.807) is 0 Å². The fraction of sp³-hybridized carbons (Fsp3) is 0.0952. The van der Waals surface area contributed by atoms with Crippen LogP contribution in [-0.2, 0) is 4.74 Å². The highest BCUT2D eigenvalue weighted by atomic mass is 16.5. The van der Waals surface area contributed by atoms with Crippen LogP contribution in [0.5, 0.6) is 5.75 Å². The summed E-state index contributed by atoms with van der Waals surface area (Å²) in [5.41, 5.74) is 1.57. The maximum Gasteiger partial charge on any atom is 0.342 e. The zero-order chi connectivity index (χ0) is 16.8. The van der Waals surface area contributed by atoms with Crippen LogP contribution in [0.25, 0.3) is 16.8 Å². The standard InChI is InChI=1S/C21H18O3/c1-23-21(22)20-18-12-6-5-11-17(18)13-14-19(20)24-15-7-10-16-8-3-2-4-9-16/h2-14H,15H2,1H3/b10-7+. The minimum Gasteiger partial charge on any atom is -0.489 e. The van der Waals surface area contributed by atoms with Crippen molar-refractivity contribution < 1.29 is 14.3 Å². The average Bonchev–Trinajstić information content (AvgIpc) is 2.65. The van der Waals surface area contributed by atoms with Crippen molar-refractivity contribution in [3.05, 3.63) is 83.9 Å². The molecule has 24 heavy (non-hydrogen) atoms. The van der Waals surface area contributed by atoms with Crippen molar-refractivity contribution in [3.63, 3.8) is 0 Å². The maximum absolute atomic E-state index is 12.2. The van der Waals surface area contributed by atoms with E-state index >= 15 is 0 Å². The van der Waals surface area contributed by atoms with Gasteiger partial charge in [-0.2, -0.15) is 0 Å². The molecule has 3 nitrogen and oxygen atoms in total. The van der Waals surface area contributed by atoms with Crippen LogP contribution in [0, 0.1) is 0 Å². The van der Waals surface area contributed by atoms with Gasteiger partial charge < -0.3 is 9.47 Å². The van der Waals surface area contributed by atoms with Crippen molar-refractivity contribution in [1.29, 1.82) is 0 Å². The van der Waals surface area contributed by atoms with E-state index in [1.165, 1.54) is 7.11 Å². The Morgan fingerprint density at radius 2 is 1.71 bits per heavy atom. The van der Waals surface area contributed by atoms with Gasteiger partial charge in [-0.1, -0.05) is 66.7 Å². The molecule has 0 aliphatic heterocycles. The van der Waals surface area contributed by atoms with Crippen LogP contribution in [0.15, 0.2) is 72.8 Å². The van der Waals surface area contributed by atoms with Crippen LogP contribution in [0.2, 0.25) is 0 Å². The van der Waals surface area contributed by atoms with Gasteiger partial charge in [0.25, 0.3) is 0 Å². The third-order valence-electron chi connectivity index (χ3n) is 3.73. The third kappa shape index (κ3) is 3.46. The molecule has 0 aromatic heterocycles. The van der Waals surface area contributed by atoms with Crippen LogP contribution < -0.4 is 4.74 Å². The quantitative estimate of drug-likeness (QED) is 0.639. The van der Waals surface area contributed by atoms with E-state index in [-0.39, 0.29) is 0 Å². The van der Waals surface area contributed by atoms with Crippen LogP contribution in [0.1, 0.15) is 15.9 Å². The molecule has 0 fully saturated rings. The van der Waals surface area contributed by atoms with Crippen molar-refractivity contribution >= 4 is 22.8 Å². The monoisotopic (exact) mass is 318 g/mol. The van der Waals surface area contributed by atoms with E-state index in [0.717, 1.165) is 16.3 Å². The van der Waals surface area contributed by atoms with E-state index in [0.29, 0.717) is 17.9 Å². The highest BCUT2D eigenvalue weighted by molar-refractivity contribution is 6.07. The summed E-state index contributed by atoms with van der Waals surface area (Å²) in [4.78, 5) is 12.2. The Morgan fingerprint density at radius 3 is 2.50 bits per heavy atom. The van der Waals surface area contributed by atoms with Crippen molar-refractivity contribution in [2.75, 3.05) is 13.7 Å². The minimum absolute atomic E-state index is 0.372. The molecule has 0 saturated carbocycles. The first-order chi connectivity index (χ1) is 11.8. The molecule has 0 atom stereocenters. The fourth-order valence-electron chi connectivity index (χ4n) is 2.57. The Labute approximate surface area is 141 Å². The Hall–Kier alpha value is -3.07. The molecule has 3 rings (SSSR count). The first-order valence-corrected chi connectivity index (χ1v) is 7.74. The van der Waals surface area contributed by atoms with Crippen molar-refractivity contribution in [3.8, 4) is 5.75 Å². The molecule has 0 unspecified atom stereocenters. The largest absolute Gasteiger partial charge is 0.489 e. The molecule has 0 N–H and O–H groups in total.